The summed E-state index contributed by atoms with van der Waals surface area (Å²) in [6.07, 6.45) is 1.55. The first-order chi connectivity index (χ1) is 7.72. The molecule has 0 saturated carbocycles. The fourth-order valence-electron chi connectivity index (χ4n) is 1.48. The Morgan fingerprint density at radius 2 is 2.31 bits per heavy atom. The van der Waals surface area contributed by atoms with Crippen molar-refractivity contribution in [2.45, 2.75) is 6.54 Å². The third-order valence-electron chi connectivity index (χ3n) is 2.32. The molecule has 1 heterocycles. The molecular formula is C11H11BrN2O2. The van der Waals surface area contributed by atoms with E-state index >= 15 is 0 Å². The maximum atomic E-state index is 12.0. The van der Waals surface area contributed by atoms with Gasteiger partial charge in [0.25, 0.3) is 5.56 Å². The van der Waals surface area contributed by atoms with Gasteiger partial charge in [-0.05, 0) is 18.2 Å². The van der Waals surface area contributed by atoms with E-state index in [9.17, 15) is 4.79 Å². The van der Waals surface area contributed by atoms with E-state index in [4.69, 9.17) is 4.74 Å². The monoisotopic (exact) mass is 282 g/mol. The first-order valence-electron chi connectivity index (χ1n) is 4.86. The van der Waals surface area contributed by atoms with Crippen molar-refractivity contribution < 1.29 is 4.74 Å². The summed E-state index contributed by atoms with van der Waals surface area (Å²) < 4.78 is 7.41. The molecule has 0 aliphatic rings. The third kappa shape index (κ3) is 2.15. The minimum atomic E-state index is -0.0328. The van der Waals surface area contributed by atoms with E-state index < -0.39 is 0 Å². The minimum absolute atomic E-state index is 0.0328. The molecule has 0 N–H and O–H groups in total. The van der Waals surface area contributed by atoms with E-state index in [1.54, 1.807) is 24.1 Å². The Balaban J connectivity index is 2.53. The van der Waals surface area contributed by atoms with Gasteiger partial charge in [0.1, 0.15) is 0 Å². The highest BCUT2D eigenvalue weighted by Crippen LogP contribution is 2.14. The van der Waals surface area contributed by atoms with E-state index in [0.717, 1.165) is 4.47 Å². The van der Waals surface area contributed by atoms with Gasteiger partial charge in [-0.2, -0.15) is 0 Å². The van der Waals surface area contributed by atoms with Crippen LogP contribution in [0.1, 0.15) is 0 Å². The molecule has 5 heteroatoms. The number of aromatic nitrogens is 2. The van der Waals surface area contributed by atoms with Gasteiger partial charge in [-0.3, -0.25) is 9.36 Å². The topological polar surface area (TPSA) is 44.1 Å². The highest BCUT2D eigenvalue weighted by molar-refractivity contribution is 9.10. The summed E-state index contributed by atoms with van der Waals surface area (Å²) in [7, 11) is 1.61. The maximum absolute atomic E-state index is 12.0. The summed E-state index contributed by atoms with van der Waals surface area (Å²) in [4.78, 5) is 16.2. The zero-order valence-electron chi connectivity index (χ0n) is 8.81. The molecule has 2 rings (SSSR count). The molecule has 16 heavy (non-hydrogen) atoms. The number of nitrogens with zero attached hydrogens (tertiary/aromatic N) is 2. The van der Waals surface area contributed by atoms with Gasteiger partial charge < -0.3 is 4.74 Å². The normalized spacial score (nSPS) is 10.9. The van der Waals surface area contributed by atoms with Crippen molar-refractivity contribution in [3.05, 3.63) is 39.4 Å². The molecule has 0 atom stereocenters. The number of benzene rings is 1. The number of methoxy groups -OCH3 is 1. The van der Waals surface area contributed by atoms with Crippen LogP contribution >= 0.6 is 15.9 Å². The van der Waals surface area contributed by atoms with E-state index in [-0.39, 0.29) is 5.56 Å². The Hall–Kier alpha value is -1.20. The SMILES string of the molecule is COCCn1cnc2cc(Br)ccc2c1=O. The molecule has 84 valence electrons. The molecule has 0 unspecified atom stereocenters. The van der Waals surface area contributed by atoms with E-state index in [1.165, 1.54) is 0 Å². The summed E-state index contributed by atoms with van der Waals surface area (Å²) in [5, 5.41) is 0.627. The molecule has 0 spiro atoms. The Morgan fingerprint density at radius 1 is 1.50 bits per heavy atom. The van der Waals surface area contributed by atoms with Crippen molar-refractivity contribution in [2.24, 2.45) is 0 Å². The fraction of sp³-hybridized carbons (Fsp3) is 0.273. The Labute approximate surface area is 101 Å². The quantitative estimate of drug-likeness (QED) is 0.862. The molecule has 0 amide bonds. The second kappa shape index (κ2) is 4.76. The van der Waals surface area contributed by atoms with Gasteiger partial charge in [0.05, 0.1) is 30.4 Å². The van der Waals surface area contributed by atoms with Crippen LogP contribution in [0, 0.1) is 0 Å². The number of halogens is 1. The van der Waals surface area contributed by atoms with Gasteiger partial charge in [-0.1, -0.05) is 15.9 Å². The molecule has 0 aliphatic carbocycles. The Morgan fingerprint density at radius 3 is 3.06 bits per heavy atom. The zero-order valence-corrected chi connectivity index (χ0v) is 10.4. The van der Waals surface area contributed by atoms with Crippen LogP contribution in [0.3, 0.4) is 0 Å². The van der Waals surface area contributed by atoms with Gasteiger partial charge in [0.2, 0.25) is 0 Å². The molecule has 2 aromatic rings. The lowest BCUT2D eigenvalue weighted by molar-refractivity contribution is 0.186. The first kappa shape index (κ1) is 11.3. The second-order valence-corrected chi connectivity index (χ2v) is 4.31. The molecule has 0 saturated heterocycles. The molecule has 0 bridgehead atoms. The number of rotatable bonds is 3. The minimum Gasteiger partial charge on any atom is -0.383 e. The average molecular weight is 283 g/mol. The average Bonchev–Trinajstić information content (AvgIpc) is 2.28. The van der Waals surface area contributed by atoms with Gasteiger partial charge >= 0.3 is 0 Å². The van der Waals surface area contributed by atoms with Gasteiger partial charge in [0.15, 0.2) is 0 Å². The van der Waals surface area contributed by atoms with Crippen molar-refractivity contribution >= 4 is 26.8 Å². The smallest absolute Gasteiger partial charge is 0.261 e. The highest BCUT2D eigenvalue weighted by atomic mass is 79.9. The summed E-state index contributed by atoms with van der Waals surface area (Å²) in [5.41, 5.74) is 0.669. The number of fused-ring (bicyclic) bond motifs is 1. The van der Waals surface area contributed by atoms with Crippen molar-refractivity contribution in [3.63, 3.8) is 0 Å². The summed E-state index contributed by atoms with van der Waals surface area (Å²) in [6.45, 7) is 1.03. The van der Waals surface area contributed by atoms with E-state index in [2.05, 4.69) is 20.9 Å². The predicted molar refractivity (Wildman–Crippen MR) is 65.6 cm³/mol. The largest absolute Gasteiger partial charge is 0.383 e. The molecule has 1 aromatic heterocycles. The molecule has 0 fully saturated rings. The Bertz CT molecular complexity index is 565. The third-order valence-corrected chi connectivity index (χ3v) is 2.82. The molecule has 0 radical (unpaired) electrons. The van der Waals surface area contributed by atoms with Crippen LogP contribution in [0.4, 0.5) is 0 Å². The van der Waals surface area contributed by atoms with Crippen LogP contribution in [0.5, 0.6) is 0 Å². The second-order valence-electron chi connectivity index (χ2n) is 3.40. The van der Waals surface area contributed by atoms with Gasteiger partial charge in [-0.15, -0.1) is 0 Å². The van der Waals surface area contributed by atoms with E-state index in [0.29, 0.717) is 24.1 Å². The van der Waals surface area contributed by atoms with Crippen LogP contribution in [0.25, 0.3) is 10.9 Å². The van der Waals surface area contributed by atoms with Gasteiger partial charge in [-0.25, -0.2) is 4.98 Å². The van der Waals surface area contributed by atoms with Crippen molar-refractivity contribution in [1.29, 1.82) is 0 Å². The lowest BCUT2D eigenvalue weighted by Gasteiger charge is -2.05. The zero-order chi connectivity index (χ0) is 11.5. The Kier molecular flexibility index (Phi) is 3.36. The molecule has 0 aliphatic heterocycles. The predicted octanol–water partition coefficient (Wildman–Crippen LogP) is 1.81. The molecular weight excluding hydrogens is 272 g/mol. The molecule has 4 nitrogen and oxygen atoms in total. The first-order valence-corrected chi connectivity index (χ1v) is 5.65. The maximum Gasteiger partial charge on any atom is 0.261 e. The van der Waals surface area contributed by atoms with Crippen molar-refractivity contribution in [3.8, 4) is 0 Å². The van der Waals surface area contributed by atoms with Crippen molar-refractivity contribution in [1.82, 2.24) is 9.55 Å². The number of ether oxygens (including phenoxy) is 1. The van der Waals surface area contributed by atoms with Gasteiger partial charge in [0, 0.05) is 11.6 Å². The van der Waals surface area contributed by atoms with Crippen LogP contribution in [0.15, 0.2) is 33.8 Å². The summed E-state index contributed by atoms with van der Waals surface area (Å²) in [5.74, 6) is 0. The lowest BCUT2D eigenvalue weighted by Crippen LogP contribution is -2.22. The highest BCUT2D eigenvalue weighted by Gasteiger charge is 2.03. The lowest BCUT2D eigenvalue weighted by atomic mass is 10.2. The van der Waals surface area contributed by atoms with Crippen LogP contribution in [-0.4, -0.2) is 23.3 Å². The van der Waals surface area contributed by atoms with Crippen molar-refractivity contribution in [2.75, 3.05) is 13.7 Å². The van der Waals surface area contributed by atoms with Crippen LogP contribution in [0.2, 0.25) is 0 Å². The van der Waals surface area contributed by atoms with Crippen LogP contribution < -0.4 is 5.56 Å². The standard InChI is InChI=1S/C11H11BrN2O2/c1-16-5-4-14-7-13-10-6-8(12)2-3-9(10)11(14)15/h2-3,6-7H,4-5H2,1H3. The number of hydrogen-bond donors (Lipinski definition) is 0. The fourth-order valence-corrected chi connectivity index (χ4v) is 1.83. The summed E-state index contributed by atoms with van der Waals surface area (Å²) in [6, 6.07) is 5.45. The van der Waals surface area contributed by atoms with Crippen LogP contribution in [-0.2, 0) is 11.3 Å². The summed E-state index contributed by atoms with van der Waals surface area (Å²) >= 11 is 3.35. The number of hydrogen-bond acceptors (Lipinski definition) is 3. The van der Waals surface area contributed by atoms with E-state index in [1.807, 2.05) is 12.1 Å². The molecule has 1 aromatic carbocycles.